The van der Waals surface area contributed by atoms with Gasteiger partial charge in [-0.3, -0.25) is 9.36 Å². The number of methoxy groups -OCH3 is 4. The van der Waals surface area contributed by atoms with Gasteiger partial charge in [0.25, 0.3) is 5.56 Å². The Kier molecular flexibility index (Phi) is 7.17. The van der Waals surface area contributed by atoms with E-state index in [9.17, 15) is 24.6 Å². The molecule has 0 amide bonds. The van der Waals surface area contributed by atoms with E-state index in [0.717, 1.165) is 23.0 Å². The average Bonchev–Trinajstić information content (AvgIpc) is 3.24. The normalized spacial score (nSPS) is 15.2. The van der Waals surface area contributed by atoms with E-state index < -0.39 is 23.4 Å². The molecule has 0 saturated carbocycles. The van der Waals surface area contributed by atoms with E-state index in [1.165, 1.54) is 51.7 Å². The number of nitrogens with two attached hydrogens (primary N) is 1. The number of phenolic OH excluding ortho intramolecular Hbond substituents is 2. The molecule has 0 aliphatic carbocycles. The zero-order valence-corrected chi connectivity index (χ0v) is 21.6. The second-order valence-electron chi connectivity index (χ2n) is 8.05. The molecule has 0 radical (unpaired) electrons. The number of esters is 2. The predicted octanol–water partition coefficient (Wildman–Crippen LogP) is 0.588. The molecule has 0 spiro atoms. The summed E-state index contributed by atoms with van der Waals surface area (Å²) < 4.78 is 21.8. The number of aromatic hydroxyl groups is 2. The summed E-state index contributed by atoms with van der Waals surface area (Å²) in [7, 11) is 5.08. The van der Waals surface area contributed by atoms with Gasteiger partial charge < -0.3 is 34.9 Å². The van der Waals surface area contributed by atoms with Gasteiger partial charge in [0.15, 0.2) is 23.0 Å². The number of nitrogens with zero attached hydrogens (tertiary/aromatic N) is 1. The van der Waals surface area contributed by atoms with E-state index in [1.807, 2.05) is 0 Å². The summed E-state index contributed by atoms with van der Waals surface area (Å²) in [4.78, 5) is 39.7. The highest BCUT2D eigenvalue weighted by Crippen LogP contribution is 2.40. The third-order valence-corrected chi connectivity index (χ3v) is 7.11. The van der Waals surface area contributed by atoms with Crippen molar-refractivity contribution in [3.8, 4) is 23.0 Å². The third kappa shape index (κ3) is 4.34. The summed E-state index contributed by atoms with van der Waals surface area (Å²) in [5.41, 5.74) is 6.53. The largest absolute Gasteiger partial charge is 0.504 e. The number of phenols is 2. The first-order valence-electron chi connectivity index (χ1n) is 11.0. The molecule has 1 aliphatic rings. The van der Waals surface area contributed by atoms with Crippen LogP contribution in [0.2, 0.25) is 0 Å². The monoisotopic (exact) mass is 540 g/mol. The number of ether oxygens (including phenoxy) is 4. The van der Waals surface area contributed by atoms with Crippen LogP contribution < -0.4 is 30.0 Å². The Hall–Kier alpha value is -4.71. The van der Waals surface area contributed by atoms with Crippen LogP contribution in [0.25, 0.3) is 17.5 Å². The lowest BCUT2D eigenvalue weighted by atomic mass is 9.83. The van der Waals surface area contributed by atoms with Gasteiger partial charge in [-0.1, -0.05) is 12.1 Å². The SMILES string of the molecule is COC(=O)C1=C(N)n2c(s/c(=C\c3ccc(O)c(OC)c3)c2=O)=C(C(=O)OC)C1c1ccc(O)c(OC)c1. The minimum absolute atomic E-state index is 0.0279. The van der Waals surface area contributed by atoms with Crippen molar-refractivity contribution in [3.63, 3.8) is 0 Å². The summed E-state index contributed by atoms with van der Waals surface area (Å²) in [6.45, 7) is 0. The Morgan fingerprint density at radius 2 is 1.50 bits per heavy atom. The van der Waals surface area contributed by atoms with Crippen LogP contribution in [-0.2, 0) is 19.1 Å². The van der Waals surface area contributed by atoms with Gasteiger partial charge in [-0.15, -0.1) is 11.3 Å². The molecular weight excluding hydrogens is 516 g/mol. The first-order valence-corrected chi connectivity index (χ1v) is 11.9. The molecule has 4 N–H and O–H groups in total. The Morgan fingerprint density at radius 3 is 2.11 bits per heavy atom. The van der Waals surface area contributed by atoms with Crippen LogP contribution in [0.1, 0.15) is 17.0 Å². The number of hydrogen-bond acceptors (Lipinski definition) is 11. The van der Waals surface area contributed by atoms with E-state index in [0.29, 0.717) is 11.1 Å². The maximum absolute atomic E-state index is 13.5. The van der Waals surface area contributed by atoms with E-state index in [-0.39, 0.29) is 49.2 Å². The van der Waals surface area contributed by atoms with Crippen molar-refractivity contribution in [2.75, 3.05) is 28.4 Å². The lowest BCUT2D eigenvalue weighted by Gasteiger charge is -2.26. The van der Waals surface area contributed by atoms with Crippen LogP contribution in [0.4, 0.5) is 0 Å². The van der Waals surface area contributed by atoms with Gasteiger partial charge >= 0.3 is 11.9 Å². The molecule has 11 nitrogen and oxygen atoms in total. The van der Waals surface area contributed by atoms with Crippen LogP contribution in [0.15, 0.2) is 46.8 Å². The molecule has 0 saturated heterocycles. The first-order chi connectivity index (χ1) is 18.2. The van der Waals surface area contributed by atoms with Crippen molar-refractivity contribution in [1.29, 1.82) is 0 Å². The van der Waals surface area contributed by atoms with Gasteiger partial charge in [0.1, 0.15) is 10.5 Å². The number of benzene rings is 2. The molecule has 1 unspecified atom stereocenters. The van der Waals surface area contributed by atoms with Gasteiger partial charge in [0, 0.05) is 0 Å². The van der Waals surface area contributed by atoms with Crippen molar-refractivity contribution in [1.82, 2.24) is 4.57 Å². The van der Waals surface area contributed by atoms with Crippen LogP contribution in [0, 0.1) is 0 Å². The molecule has 2 aromatic carbocycles. The van der Waals surface area contributed by atoms with E-state index in [2.05, 4.69) is 0 Å². The van der Waals surface area contributed by atoms with Gasteiger partial charge in [-0.25, -0.2) is 9.59 Å². The summed E-state index contributed by atoms with van der Waals surface area (Å²) in [6, 6.07) is 8.83. The Balaban J connectivity index is 2.11. The average molecular weight is 541 g/mol. The minimum atomic E-state index is -1.11. The standard InChI is InChI=1S/C26H24N2O9S/c1-34-16-9-12(5-7-14(16)29)10-18-23(31)28-22(27)20(25(32)36-3)19(21(24(28)38-18)26(33)37-4)13-6-8-15(30)17(11-13)35-2/h5-11,19,29-30H,27H2,1-4H3/b18-10-. The van der Waals surface area contributed by atoms with E-state index >= 15 is 0 Å². The molecule has 1 aromatic heterocycles. The van der Waals surface area contributed by atoms with Crippen molar-refractivity contribution in [3.05, 3.63) is 72.6 Å². The number of aromatic nitrogens is 1. The second-order valence-corrected chi connectivity index (χ2v) is 9.08. The van der Waals surface area contributed by atoms with Crippen LogP contribution in [0.5, 0.6) is 23.0 Å². The second kappa shape index (κ2) is 10.3. The highest BCUT2D eigenvalue weighted by atomic mass is 32.1. The summed E-state index contributed by atoms with van der Waals surface area (Å²) in [6.07, 6.45) is 1.54. The highest BCUT2D eigenvalue weighted by Gasteiger charge is 2.40. The lowest BCUT2D eigenvalue weighted by Crippen LogP contribution is -2.41. The first kappa shape index (κ1) is 26.4. The molecule has 0 fully saturated rings. The molecule has 198 valence electrons. The fourth-order valence-electron chi connectivity index (χ4n) is 4.21. The lowest BCUT2D eigenvalue weighted by molar-refractivity contribution is -0.136. The van der Waals surface area contributed by atoms with Gasteiger partial charge in [0.2, 0.25) is 0 Å². The minimum Gasteiger partial charge on any atom is -0.504 e. The molecule has 1 atom stereocenters. The van der Waals surface area contributed by atoms with Gasteiger partial charge in [-0.05, 0) is 41.5 Å². The topological polar surface area (TPSA) is 160 Å². The molecule has 0 bridgehead atoms. The fourth-order valence-corrected chi connectivity index (χ4v) is 5.37. The molecule has 12 heteroatoms. The third-order valence-electron chi connectivity index (χ3n) is 6.00. The number of fused-ring (bicyclic) bond motifs is 1. The summed E-state index contributed by atoms with van der Waals surface area (Å²) in [5.74, 6) is -2.92. The van der Waals surface area contributed by atoms with Gasteiger partial charge in [-0.2, -0.15) is 0 Å². The van der Waals surface area contributed by atoms with Crippen molar-refractivity contribution >= 4 is 40.7 Å². The number of rotatable bonds is 6. The van der Waals surface area contributed by atoms with E-state index in [1.54, 1.807) is 12.1 Å². The smallest absolute Gasteiger partial charge is 0.338 e. The van der Waals surface area contributed by atoms with Crippen molar-refractivity contribution in [2.45, 2.75) is 5.92 Å². The zero-order valence-electron chi connectivity index (χ0n) is 20.8. The van der Waals surface area contributed by atoms with Gasteiger partial charge in [0.05, 0.1) is 50.0 Å². The van der Waals surface area contributed by atoms with Crippen LogP contribution in [-0.4, -0.2) is 55.2 Å². The summed E-state index contributed by atoms with van der Waals surface area (Å²) >= 11 is 0.970. The number of carbonyl (C=O) groups excluding carboxylic acids is 2. The molecule has 38 heavy (non-hydrogen) atoms. The Morgan fingerprint density at radius 1 is 0.921 bits per heavy atom. The Bertz CT molecular complexity index is 1670. The zero-order chi connectivity index (χ0) is 27.7. The fraction of sp³-hybridized carbons (Fsp3) is 0.192. The number of thiazole rings is 1. The maximum atomic E-state index is 13.5. The van der Waals surface area contributed by atoms with Crippen LogP contribution >= 0.6 is 11.3 Å². The summed E-state index contributed by atoms with van der Waals surface area (Å²) in [5, 5.41) is 20.0. The molecular formula is C26H24N2O9S. The number of carbonyl (C=O) groups is 2. The number of hydrogen-bond donors (Lipinski definition) is 3. The molecule has 3 aromatic rings. The molecule has 2 heterocycles. The maximum Gasteiger partial charge on any atom is 0.338 e. The quantitative estimate of drug-likeness (QED) is 0.378. The van der Waals surface area contributed by atoms with Crippen molar-refractivity contribution in [2.24, 2.45) is 5.73 Å². The predicted molar refractivity (Wildman–Crippen MR) is 138 cm³/mol. The highest BCUT2D eigenvalue weighted by molar-refractivity contribution is 7.07. The van der Waals surface area contributed by atoms with E-state index in [4.69, 9.17) is 24.7 Å². The van der Waals surface area contributed by atoms with Crippen LogP contribution in [0.3, 0.4) is 0 Å². The molecule has 4 rings (SSSR count). The van der Waals surface area contributed by atoms with Crippen molar-refractivity contribution < 1.29 is 38.7 Å². The Labute approximate surface area is 219 Å². The molecule has 1 aliphatic heterocycles.